The Bertz CT molecular complexity index is 763. The van der Waals surface area contributed by atoms with Gasteiger partial charge >= 0.3 is 0 Å². The van der Waals surface area contributed by atoms with Crippen LogP contribution in [0.5, 0.6) is 0 Å². The minimum atomic E-state index is 0.0620. The van der Waals surface area contributed by atoms with E-state index in [2.05, 4.69) is 46.6 Å². The van der Waals surface area contributed by atoms with Crippen LogP contribution in [0.3, 0.4) is 0 Å². The van der Waals surface area contributed by atoms with Crippen LogP contribution >= 0.6 is 0 Å². The topological polar surface area (TPSA) is 41.6 Å². The molecule has 1 heterocycles. The average Bonchev–Trinajstić information content (AvgIpc) is 2.76. The third kappa shape index (κ3) is 5.00. The van der Waals surface area contributed by atoms with Crippen molar-refractivity contribution in [2.24, 2.45) is 0 Å². The van der Waals surface area contributed by atoms with Crippen molar-refractivity contribution in [1.29, 1.82) is 0 Å². The zero-order chi connectivity index (χ0) is 19.2. The van der Waals surface area contributed by atoms with Gasteiger partial charge in [0.2, 0.25) is 0 Å². The zero-order valence-corrected chi connectivity index (χ0v) is 16.5. The third-order valence-corrected chi connectivity index (χ3v) is 6.03. The van der Waals surface area contributed by atoms with E-state index in [0.717, 1.165) is 64.1 Å². The maximum atomic E-state index is 12.8. The van der Waals surface area contributed by atoms with Gasteiger partial charge in [-0.3, -0.25) is 9.69 Å². The molecule has 2 aromatic rings. The Kier molecular flexibility index (Phi) is 6.40. The second kappa shape index (κ2) is 9.35. The number of nitrogens with one attached hydrogen (secondary N) is 1. The van der Waals surface area contributed by atoms with Gasteiger partial charge in [0.15, 0.2) is 0 Å². The number of ether oxygens (including phenoxy) is 1. The Balaban J connectivity index is 1.30. The van der Waals surface area contributed by atoms with Crippen molar-refractivity contribution in [1.82, 2.24) is 10.2 Å². The molecule has 1 aliphatic carbocycles. The van der Waals surface area contributed by atoms with Gasteiger partial charge in [-0.25, -0.2) is 0 Å². The number of hydrogen-bond donors (Lipinski definition) is 1. The summed E-state index contributed by atoms with van der Waals surface area (Å²) >= 11 is 0. The molecule has 4 heteroatoms. The summed E-state index contributed by atoms with van der Waals surface area (Å²) in [6.07, 6.45) is 4.40. The molecule has 0 aromatic heterocycles. The smallest absolute Gasteiger partial charge is 0.251 e. The fraction of sp³-hybridized carbons (Fsp3) is 0.458. The molecule has 2 fully saturated rings. The van der Waals surface area contributed by atoms with E-state index in [1.165, 1.54) is 11.1 Å². The van der Waals surface area contributed by atoms with E-state index in [9.17, 15) is 4.79 Å². The molecule has 1 saturated carbocycles. The highest BCUT2D eigenvalue weighted by atomic mass is 16.5. The average molecular weight is 379 g/mol. The molecule has 1 amide bonds. The molecule has 1 saturated heterocycles. The molecule has 2 aromatic carbocycles. The largest absolute Gasteiger partial charge is 0.379 e. The van der Waals surface area contributed by atoms with Crippen molar-refractivity contribution in [3.05, 3.63) is 71.3 Å². The Morgan fingerprint density at radius 1 is 0.964 bits per heavy atom. The van der Waals surface area contributed by atoms with Gasteiger partial charge in [-0.05, 0) is 54.9 Å². The van der Waals surface area contributed by atoms with Gasteiger partial charge in [0.05, 0.1) is 13.2 Å². The van der Waals surface area contributed by atoms with Crippen LogP contribution in [-0.2, 0) is 11.3 Å². The Morgan fingerprint density at radius 3 is 2.46 bits per heavy atom. The fourth-order valence-electron chi connectivity index (χ4n) is 4.39. The molecule has 0 bridgehead atoms. The molecular weight excluding hydrogens is 348 g/mol. The molecule has 0 spiro atoms. The molecular formula is C24H30N2O2. The highest BCUT2D eigenvalue weighted by Crippen LogP contribution is 2.32. The van der Waals surface area contributed by atoms with E-state index in [0.29, 0.717) is 5.92 Å². The van der Waals surface area contributed by atoms with E-state index >= 15 is 0 Å². The van der Waals surface area contributed by atoms with E-state index < -0.39 is 0 Å². The SMILES string of the molecule is O=C(NC1CCC(c2ccccc2)CC1)c1cccc(CN2CCOCC2)c1. The summed E-state index contributed by atoms with van der Waals surface area (Å²) in [5.74, 6) is 0.693. The number of carbonyl (C=O) groups excluding carboxylic acids is 1. The first-order valence-electron chi connectivity index (χ1n) is 10.5. The zero-order valence-electron chi connectivity index (χ0n) is 16.5. The maximum Gasteiger partial charge on any atom is 0.251 e. The molecule has 1 aliphatic heterocycles. The van der Waals surface area contributed by atoms with Crippen molar-refractivity contribution in [3.63, 3.8) is 0 Å². The third-order valence-electron chi connectivity index (χ3n) is 6.03. The fourth-order valence-corrected chi connectivity index (χ4v) is 4.39. The van der Waals surface area contributed by atoms with Crippen molar-refractivity contribution >= 4 is 5.91 Å². The van der Waals surface area contributed by atoms with Gasteiger partial charge in [-0.2, -0.15) is 0 Å². The minimum Gasteiger partial charge on any atom is -0.379 e. The second-order valence-electron chi connectivity index (χ2n) is 8.02. The van der Waals surface area contributed by atoms with Crippen LogP contribution in [0.1, 0.15) is 53.1 Å². The van der Waals surface area contributed by atoms with Crippen molar-refractivity contribution in [2.45, 2.75) is 44.2 Å². The van der Waals surface area contributed by atoms with Crippen LogP contribution in [0.15, 0.2) is 54.6 Å². The second-order valence-corrected chi connectivity index (χ2v) is 8.02. The van der Waals surface area contributed by atoms with Gasteiger partial charge in [0, 0.05) is 31.2 Å². The minimum absolute atomic E-state index is 0.0620. The van der Waals surface area contributed by atoms with Crippen molar-refractivity contribution in [2.75, 3.05) is 26.3 Å². The summed E-state index contributed by atoms with van der Waals surface area (Å²) in [6, 6.07) is 19.1. The number of morpholine rings is 1. The lowest BCUT2D eigenvalue weighted by Crippen LogP contribution is -2.37. The number of nitrogens with zero attached hydrogens (tertiary/aromatic N) is 1. The van der Waals surface area contributed by atoms with Crippen LogP contribution in [0.2, 0.25) is 0 Å². The van der Waals surface area contributed by atoms with Gasteiger partial charge in [0.1, 0.15) is 0 Å². The summed E-state index contributed by atoms with van der Waals surface area (Å²) < 4.78 is 5.41. The molecule has 28 heavy (non-hydrogen) atoms. The van der Waals surface area contributed by atoms with Crippen LogP contribution in [0.4, 0.5) is 0 Å². The van der Waals surface area contributed by atoms with E-state index in [-0.39, 0.29) is 11.9 Å². The molecule has 2 aliphatic rings. The van der Waals surface area contributed by atoms with E-state index in [1.54, 1.807) is 0 Å². The molecule has 0 atom stereocenters. The Labute approximate surface area is 167 Å². The number of amides is 1. The summed E-state index contributed by atoms with van der Waals surface area (Å²) in [5.41, 5.74) is 3.40. The first-order chi connectivity index (χ1) is 13.8. The van der Waals surface area contributed by atoms with E-state index in [1.807, 2.05) is 18.2 Å². The predicted octanol–water partition coefficient (Wildman–Crippen LogP) is 3.98. The molecule has 4 rings (SSSR count). The van der Waals surface area contributed by atoms with Crippen molar-refractivity contribution < 1.29 is 9.53 Å². The van der Waals surface area contributed by atoms with Crippen LogP contribution < -0.4 is 5.32 Å². The van der Waals surface area contributed by atoms with Crippen molar-refractivity contribution in [3.8, 4) is 0 Å². The Morgan fingerprint density at radius 2 is 1.71 bits per heavy atom. The normalized spacial score (nSPS) is 23.3. The predicted molar refractivity (Wildman–Crippen MR) is 111 cm³/mol. The first kappa shape index (κ1) is 19.2. The molecule has 0 radical (unpaired) electrons. The highest BCUT2D eigenvalue weighted by Gasteiger charge is 2.23. The van der Waals surface area contributed by atoms with E-state index in [4.69, 9.17) is 4.74 Å². The molecule has 148 valence electrons. The van der Waals surface area contributed by atoms with Gasteiger partial charge < -0.3 is 10.1 Å². The van der Waals surface area contributed by atoms with Gasteiger partial charge in [-0.1, -0.05) is 42.5 Å². The van der Waals surface area contributed by atoms with Crippen LogP contribution in [-0.4, -0.2) is 43.2 Å². The summed E-state index contributed by atoms with van der Waals surface area (Å²) in [5, 5.41) is 3.27. The quantitative estimate of drug-likeness (QED) is 0.856. The lowest BCUT2D eigenvalue weighted by molar-refractivity contribution is 0.0342. The molecule has 4 nitrogen and oxygen atoms in total. The van der Waals surface area contributed by atoms with Gasteiger partial charge in [0.25, 0.3) is 5.91 Å². The first-order valence-corrected chi connectivity index (χ1v) is 10.5. The Hall–Kier alpha value is -2.17. The lowest BCUT2D eigenvalue weighted by atomic mass is 9.82. The summed E-state index contributed by atoms with van der Waals surface area (Å²) in [7, 11) is 0. The monoisotopic (exact) mass is 378 g/mol. The number of benzene rings is 2. The number of hydrogen-bond acceptors (Lipinski definition) is 3. The van der Waals surface area contributed by atoms with Crippen LogP contribution in [0, 0.1) is 0 Å². The number of carbonyl (C=O) groups is 1. The number of rotatable bonds is 5. The maximum absolute atomic E-state index is 12.8. The van der Waals surface area contributed by atoms with Crippen LogP contribution in [0.25, 0.3) is 0 Å². The van der Waals surface area contributed by atoms with Gasteiger partial charge in [-0.15, -0.1) is 0 Å². The lowest BCUT2D eigenvalue weighted by Gasteiger charge is -2.29. The molecule has 0 unspecified atom stereocenters. The highest BCUT2D eigenvalue weighted by molar-refractivity contribution is 5.94. The summed E-state index contributed by atoms with van der Waals surface area (Å²) in [6.45, 7) is 4.40. The molecule has 1 N–H and O–H groups in total. The standard InChI is InChI=1S/C24H30N2O2/c27-24(22-8-4-5-19(17-22)18-26-13-15-28-16-14-26)25-23-11-9-21(10-12-23)20-6-2-1-3-7-20/h1-8,17,21,23H,9-16,18H2,(H,25,27). The summed E-state index contributed by atoms with van der Waals surface area (Å²) in [4.78, 5) is 15.1.